The van der Waals surface area contributed by atoms with Gasteiger partial charge in [-0.2, -0.15) is 0 Å². The number of carbonyl (C=O) groups is 1. The van der Waals surface area contributed by atoms with E-state index in [0.29, 0.717) is 27.9 Å². The van der Waals surface area contributed by atoms with Crippen molar-refractivity contribution in [1.29, 1.82) is 0 Å². The molecule has 0 radical (unpaired) electrons. The molecule has 0 fully saturated rings. The van der Waals surface area contributed by atoms with Crippen LogP contribution < -0.4 is 20.1 Å². The summed E-state index contributed by atoms with van der Waals surface area (Å²) in [6.45, 7) is 1.94. The number of benzene rings is 2. The van der Waals surface area contributed by atoms with Gasteiger partial charge < -0.3 is 20.1 Å². The molecule has 0 aliphatic carbocycles. The zero-order valence-electron chi connectivity index (χ0n) is 12.9. The van der Waals surface area contributed by atoms with Crippen LogP contribution in [0, 0.1) is 6.92 Å². The van der Waals surface area contributed by atoms with E-state index in [9.17, 15) is 4.79 Å². The van der Waals surface area contributed by atoms with Crippen LogP contribution in [0.3, 0.4) is 0 Å². The summed E-state index contributed by atoms with van der Waals surface area (Å²) < 4.78 is 11.4. The second kappa shape index (κ2) is 7.57. The summed E-state index contributed by atoms with van der Waals surface area (Å²) >= 11 is 9.46. The number of aryl methyl sites for hydroxylation is 1. The molecule has 0 unspecified atom stereocenters. The van der Waals surface area contributed by atoms with Crippen molar-refractivity contribution in [3.8, 4) is 11.5 Å². The van der Waals surface area contributed by atoms with E-state index in [1.807, 2.05) is 19.1 Å². The molecule has 0 aliphatic rings. The highest BCUT2D eigenvalue weighted by molar-refractivity contribution is 9.10. The van der Waals surface area contributed by atoms with E-state index in [1.54, 1.807) is 18.2 Å². The van der Waals surface area contributed by atoms with Gasteiger partial charge in [-0.05, 0) is 30.7 Å². The Balaban J connectivity index is 2.17. The molecular weight excluding hydrogens is 384 g/mol. The molecule has 0 heterocycles. The molecule has 7 heteroatoms. The Labute approximate surface area is 148 Å². The van der Waals surface area contributed by atoms with E-state index in [0.717, 1.165) is 10.0 Å². The van der Waals surface area contributed by atoms with Crippen molar-refractivity contribution >= 4 is 44.9 Å². The highest BCUT2D eigenvalue weighted by Gasteiger charge is 2.12. The molecule has 5 nitrogen and oxygen atoms in total. The van der Waals surface area contributed by atoms with Crippen LogP contribution in [0.1, 0.15) is 5.56 Å². The second-order valence-electron chi connectivity index (χ2n) is 4.73. The molecule has 0 saturated heterocycles. The van der Waals surface area contributed by atoms with Crippen molar-refractivity contribution in [2.75, 3.05) is 24.9 Å². The molecule has 23 heavy (non-hydrogen) atoms. The first-order chi connectivity index (χ1) is 10.9. The molecule has 2 aromatic carbocycles. The highest BCUT2D eigenvalue weighted by Crippen LogP contribution is 2.35. The molecular formula is C16H16BrClN2O3. The summed E-state index contributed by atoms with van der Waals surface area (Å²) in [5, 5.41) is 5.88. The topological polar surface area (TPSA) is 59.6 Å². The van der Waals surface area contributed by atoms with Crippen molar-refractivity contribution in [2.24, 2.45) is 0 Å². The molecule has 2 N–H and O–H groups in total. The predicted molar refractivity (Wildman–Crippen MR) is 96.1 cm³/mol. The normalized spacial score (nSPS) is 10.1. The molecule has 2 rings (SSSR count). The summed E-state index contributed by atoms with van der Waals surface area (Å²) in [7, 11) is 3.00. The van der Waals surface area contributed by atoms with Gasteiger partial charge >= 0.3 is 6.03 Å². The molecule has 0 bridgehead atoms. The Bertz CT molecular complexity index is 738. The van der Waals surface area contributed by atoms with Gasteiger partial charge in [0.05, 0.1) is 24.9 Å². The van der Waals surface area contributed by atoms with Crippen LogP contribution in [0.2, 0.25) is 5.02 Å². The molecule has 0 spiro atoms. The van der Waals surface area contributed by atoms with E-state index < -0.39 is 6.03 Å². The fourth-order valence-electron chi connectivity index (χ4n) is 1.97. The number of amides is 2. The standard InChI is InChI=1S/C16H16BrClN2O3/c1-9-6-10(4-5-11(9)17)19-16(21)20-13-8-14(22-2)12(18)7-15(13)23-3/h4-8H,1-3H3,(H2,19,20,21). The number of anilines is 2. The largest absolute Gasteiger partial charge is 0.495 e. The summed E-state index contributed by atoms with van der Waals surface area (Å²) in [6, 6.07) is 8.33. The minimum absolute atomic E-state index is 0.394. The molecule has 0 aromatic heterocycles. The van der Waals surface area contributed by atoms with Crippen molar-refractivity contribution in [2.45, 2.75) is 6.92 Å². The average Bonchev–Trinajstić information content (AvgIpc) is 2.52. The van der Waals surface area contributed by atoms with Crippen molar-refractivity contribution in [3.05, 3.63) is 45.4 Å². The second-order valence-corrected chi connectivity index (χ2v) is 5.99. The Hall–Kier alpha value is -1.92. The van der Waals surface area contributed by atoms with E-state index in [2.05, 4.69) is 26.6 Å². The zero-order chi connectivity index (χ0) is 17.0. The van der Waals surface area contributed by atoms with Crippen LogP contribution in [-0.2, 0) is 0 Å². The third-order valence-electron chi connectivity index (χ3n) is 3.14. The van der Waals surface area contributed by atoms with Crippen LogP contribution in [0.5, 0.6) is 11.5 Å². The first-order valence-corrected chi connectivity index (χ1v) is 7.87. The van der Waals surface area contributed by atoms with Gasteiger partial charge in [0, 0.05) is 22.3 Å². The predicted octanol–water partition coefficient (Wildman–Crippen LogP) is 5.07. The summed E-state index contributed by atoms with van der Waals surface area (Å²) in [4.78, 5) is 12.2. The number of hydrogen-bond acceptors (Lipinski definition) is 3. The lowest BCUT2D eigenvalue weighted by Gasteiger charge is -2.14. The van der Waals surface area contributed by atoms with Gasteiger partial charge in [0.2, 0.25) is 0 Å². The van der Waals surface area contributed by atoms with E-state index >= 15 is 0 Å². The number of ether oxygens (including phenoxy) is 2. The van der Waals surface area contributed by atoms with Gasteiger partial charge in [0.1, 0.15) is 11.5 Å². The minimum atomic E-state index is -0.394. The van der Waals surface area contributed by atoms with E-state index in [-0.39, 0.29) is 0 Å². The first-order valence-electron chi connectivity index (χ1n) is 6.70. The monoisotopic (exact) mass is 398 g/mol. The number of urea groups is 1. The van der Waals surface area contributed by atoms with E-state index in [1.165, 1.54) is 14.2 Å². The lowest BCUT2D eigenvalue weighted by Crippen LogP contribution is -2.20. The van der Waals surface area contributed by atoms with Gasteiger partial charge in [0.15, 0.2) is 0 Å². The maximum atomic E-state index is 12.2. The number of methoxy groups -OCH3 is 2. The van der Waals surface area contributed by atoms with Crippen molar-refractivity contribution in [1.82, 2.24) is 0 Å². The Morgan fingerprint density at radius 3 is 2.39 bits per heavy atom. The Morgan fingerprint density at radius 1 is 1.09 bits per heavy atom. The zero-order valence-corrected chi connectivity index (χ0v) is 15.2. The minimum Gasteiger partial charge on any atom is -0.495 e. The SMILES string of the molecule is COc1cc(NC(=O)Nc2ccc(Br)c(C)c2)c(OC)cc1Cl. The quantitative estimate of drug-likeness (QED) is 0.754. The van der Waals surface area contributed by atoms with Gasteiger partial charge in [-0.15, -0.1) is 0 Å². The molecule has 0 atom stereocenters. The van der Waals surface area contributed by atoms with Gasteiger partial charge in [-0.25, -0.2) is 4.79 Å². The first kappa shape index (κ1) is 17.4. The number of halogens is 2. The van der Waals surface area contributed by atoms with Crippen LogP contribution >= 0.6 is 27.5 Å². The smallest absolute Gasteiger partial charge is 0.323 e. The number of hydrogen-bond donors (Lipinski definition) is 2. The van der Waals surface area contributed by atoms with Crippen LogP contribution in [0.4, 0.5) is 16.2 Å². The molecule has 2 amide bonds. The number of nitrogens with one attached hydrogen (secondary N) is 2. The van der Waals surface area contributed by atoms with Crippen molar-refractivity contribution < 1.29 is 14.3 Å². The third kappa shape index (κ3) is 4.30. The van der Waals surface area contributed by atoms with Crippen LogP contribution in [0.25, 0.3) is 0 Å². The summed E-state index contributed by atoms with van der Waals surface area (Å²) in [5.74, 6) is 0.889. The highest BCUT2D eigenvalue weighted by atomic mass is 79.9. The molecule has 122 valence electrons. The third-order valence-corrected chi connectivity index (χ3v) is 4.32. The van der Waals surface area contributed by atoms with Gasteiger partial charge in [-0.1, -0.05) is 27.5 Å². The molecule has 0 aliphatic heterocycles. The van der Waals surface area contributed by atoms with Gasteiger partial charge in [0.25, 0.3) is 0 Å². The van der Waals surface area contributed by atoms with Crippen LogP contribution in [-0.4, -0.2) is 20.3 Å². The van der Waals surface area contributed by atoms with Gasteiger partial charge in [-0.3, -0.25) is 0 Å². The maximum absolute atomic E-state index is 12.2. The number of rotatable bonds is 4. The van der Waals surface area contributed by atoms with Crippen molar-refractivity contribution in [3.63, 3.8) is 0 Å². The van der Waals surface area contributed by atoms with E-state index in [4.69, 9.17) is 21.1 Å². The van der Waals surface area contributed by atoms with Crippen LogP contribution in [0.15, 0.2) is 34.8 Å². The fraction of sp³-hybridized carbons (Fsp3) is 0.188. The Morgan fingerprint density at radius 2 is 1.78 bits per heavy atom. The lowest BCUT2D eigenvalue weighted by atomic mass is 10.2. The maximum Gasteiger partial charge on any atom is 0.323 e. The summed E-state index contributed by atoms with van der Waals surface area (Å²) in [5.41, 5.74) is 2.16. The summed E-state index contributed by atoms with van der Waals surface area (Å²) in [6.07, 6.45) is 0. The molecule has 0 saturated carbocycles. The lowest BCUT2D eigenvalue weighted by molar-refractivity contribution is 0.262. The Kier molecular flexibility index (Phi) is 5.74. The number of carbonyl (C=O) groups excluding carboxylic acids is 1. The molecule has 2 aromatic rings. The fourth-order valence-corrected chi connectivity index (χ4v) is 2.44. The average molecular weight is 400 g/mol.